The number of fused-ring (bicyclic) bond motifs is 1. The first-order chi connectivity index (χ1) is 9.33. The van der Waals surface area contributed by atoms with Crippen LogP contribution in [-0.2, 0) is 6.42 Å². The number of hydrogen-bond donors (Lipinski definition) is 1. The van der Waals surface area contributed by atoms with Gasteiger partial charge in [0.15, 0.2) is 0 Å². The quantitative estimate of drug-likeness (QED) is 0.913. The van der Waals surface area contributed by atoms with E-state index in [9.17, 15) is 4.79 Å². The minimum Gasteiger partial charge on any atom is -0.335 e. The topological polar surface area (TPSA) is 49.0 Å². The molecule has 19 heavy (non-hydrogen) atoms. The standard InChI is InChI=1S/C14H15N3OS/c18-12-3-6-15-14(16-12)17-7-4-11-10(5-8-19-11)13(17)9-1-2-9/h3,5-6,8-9,13H,1-2,4,7H2,(H,15,16,18)/t13-/m0/s1. The van der Waals surface area contributed by atoms with E-state index in [4.69, 9.17) is 0 Å². The minimum atomic E-state index is -0.0735. The van der Waals surface area contributed by atoms with E-state index in [1.807, 2.05) is 11.3 Å². The van der Waals surface area contributed by atoms with Crippen LogP contribution in [0.2, 0.25) is 0 Å². The van der Waals surface area contributed by atoms with Crippen molar-refractivity contribution < 1.29 is 0 Å². The first kappa shape index (κ1) is 11.2. The lowest BCUT2D eigenvalue weighted by Crippen LogP contribution is -2.37. The van der Waals surface area contributed by atoms with Crippen LogP contribution in [0.4, 0.5) is 5.95 Å². The van der Waals surface area contributed by atoms with Gasteiger partial charge in [0.1, 0.15) is 0 Å². The van der Waals surface area contributed by atoms with E-state index in [0.717, 1.165) is 24.8 Å². The third kappa shape index (κ3) is 1.89. The number of nitrogens with one attached hydrogen (secondary N) is 1. The third-order valence-electron chi connectivity index (χ3n) is 4.01. The van der Waals surface area contributed by atoms with Crippen LogP contribution in [0, 0.1) is 5.92 Å². The van der Waals surface area contributed by atoms with Gasteiger partial charge >= 0.3 is 0 Å². The van der Waals surface area contributed by atoms with Crippen LogP contribution in [0.15, 0.2) is 28.5 Å². The summed E-state index contributed by atoms with van der Waals surface area (Å²) in [6.45, 7) is 0.946. The minimum absolute atomic E-state index is 0.0735. The molecule has 4 nitrogen and oxygen atoms in total. The molecule has 2 aliphatic rings. The molecule has 5 heteroatoms. The molecule has 0 unspecified atom stereocenters. The van der Waals surface area contributed by atoms with Crippen LogP contribution in [-0.4, -0.2) is 16.5 Å². The summed E-state index contributed by atoms with van der Waals surface area (Å²) in [6.07, 6.45) is 5.22. The molecule has 1 saturated carbocycles. The lowest BCUT2D eigenvalue weighted by atomic mass is 9.96. The Morgan fingerprint density at radius 3 is 3.05 bits per heavy atom. The van der Waals surface area contributed by atoms with Crippen molar-refractivity contribution in [3.8, 4) is 0 Å². The molecule has 0 bridgehead atoms. The van der Waals surface area contributed by atoms with Gasteiger partial charge in [-0.15, -0.1) is 11.3 Å². The smallest absolute Gasteiger partial charge is 0.252 e. The van der Waals surface area contributed by atoms with Crippen molar-refractivity contribution in [2.45, 2.75) is 25.3 Å². The highest BCUT2D eigenvalue weighted by molar-refractivity contribution is 7.10. The third-order valence-corrected chi connectivity index (χ3v) is 5.01. The van der Waals surface area contributed by atoms with Gasteiger partial charge in [0.2, 0.25) is 5.95 Å². The normalized spacial score (nSPS) is 22.3. The molecule has 0 saturated heterocycles. The maximum absolute atomic E-state index is 11.5. The summed E-state index contributed by atoms with van der Waals surface area (Å²) in [7, 11) is 0. The SMILES string of the molecule is O=c1ccnc(N2CCc3sccc3[C@@H]2C2CC2)[nH]1. The fraction of sp³-hybridized carbons (Fsp3) is 0.429. The molecule has 1 fully saturated rings. The van der Waals surface area contributed by atoms with Crippen LogP contribution in [0.1, 0.15) is 29.3 Å². The van der Waals surface area contributed by atoms with Gasteiger partial charge in [-0.1, -0.05) is 0 Å². The summed E-state index contributed by atoms with van der Waals surface area (Å²) in [5, 5.41) is 2.19. The van der Waals surface area contributed by atoms with Gasteiger partial charge in [-0.2, -0.15) is 0 Å². The van der Waals surface area contributed by atoms with E-state index in [1.54, 1.807) is 6.20 Å². The average molecular weight is 273 g/mol. The highest BCUT2D eigenvalue weighted by Crippen LogP contribution is 2.48. The van der Waals surface area contributed by atoms with Crippen molar-refractivity contribution in [1.29, 1.82) is 0 Å². The largest absolute Gasteiger partial charge is 0.335 e. The Morgan fingerprint density at radius 1 is 1.37 bits per heavy atom. The molecule has 98 valence electrons. The van der Waals surface area contributed by atoms with Crippen LogP contribution >= 0.6 is 11.3 Å². The maximum Gasteiger partial charge on any atom is 0.252 e. The summed E-state index contributed by atoms with van der Waals surface area (Å²) < 4.78 is 0. The van der Waals surface area contributed by atoms with Crippen LogP contribution < -0.4 is 10.5 Å². The van der Waals surface area contributed by atoms with Gasteiger partial charge in [0.05, 0.1) is 6.04 Å². The Hall–Kier alpha value is -1.62. The summed E-state index contributed by atoms with van der Waals surface area (Å²) in [4.78, 5) is 22.5. The molecular formula is C14H15N3OS. The Kier molecular flexibility index (Phi) is 2.48. The summed E-state index contributed by atoms with van der Waals surface area (Å²) >= 11 is 1.86. The fourth-order valence-corrected chi connectivity index (χ4v) is 3.92. The van der Waals surface area contributed by atoms with Crippen LogP contribution in [0.3, 0.4) is 0 Å². The van der Waals surface area contributed by atoms with Crippen molar-refractivity contribution in [3.05, 3.63) is 44.5 Å². The van der Waals surface area contributed by atoms with Crippen molar-refractivity contribution in [3.63, 3.8) is 0 Å². The van der Waals surface area contributed by atoms with E-state index >= 15 is 0 Å². The molecule has 0 radical (unpaired) electrons. The Morgan fingerprint density at radius 2 is 2.26 bits per heavy atom. The number of aromatic nitrogens is 2. The van der Waals surface area contributed by atoms with Gasteiger partial charge in [-0.3, -0.25) is 9.78 Å². The van der Waals surface area contributed by atoms with Crippen molar-refractivity contribution in [2.75, 3.05) is 11.4 Å². The maximum atomic E-state index is 11.5. The lowest BCUT2D eigenvalue weighted by Gasteiger charge is -2.36. The first-order valence-corrected chi connectivity index (χ1v) is 7.59. The van der Waals surface area contributed by atoms with Crippen molar-refractivity contribution in [1.82, 2.24) is 9.97 Å². The summed E-state index contributed by atoms with van der Waals surface area (Å²) in [6, 6.07) is 4.12. The van der Waals surface area contributed by atoms with Gasteiger partial charge < -0.3 is 4.90 Å². The van der Waals surface area contributed by atoms with E-state index in [0.29, 0.717) is 6.04 Å². The molecular weight excluding hydrogens is 258 g/mol. The van der Waals surface area contributed by atoms with Gasteiger partial charge in [-0.25, -0.2) is 4.98 Å². The second kappa shape index (κ2) is 4.20. The Balaban J connectivity index is 1.78. The molecule has 1 atom stereocenters. The van der Waals surface area contributed by atoms with Crippen molar-refractivity contribution in [2.24, 2.45) is 5.92 Å². The predicted molar refractivity (Wildman–Crippen MR) is 75.7 cm³/mol. The highest BCUT2D eigenvalue weighted by Gasteiger charge is 2.40. The molecule has 1 aliphatic carbocycles. The molecule has 0 spiro atoms. The zero-order valence-electron chi connectivity index (χ0n) is 10.5. The first-order valence-electron chi connectivity index (χ1n) is 6.71. The second-order valence-electron chi connectivity index (χ2n) is 5.28. The predicted octanol–water partition coefficient (Wildman–Crippen LogP) is 2.35. The average Bonchev–Trinajstić information content (AvgIpc) is 3.14. The molecule has 3 heterocycles. The molecule has 2 aromatic heterocycles. The monoisotopic (exact) mass is 273 g/mol. The molecule has 4 rings (SSSR count). The summed E-state index contributed by atoms with van der Waals surface area (Å²) in [5.41, 5.74) is 1.38. The lowest BCUT2D eigenvalue weighted by molar-refractivity contribution is 0.521. The van der Waals surface area contributed by atoms with Crippen LogP contribution in [0.25, 0.3) is 0 Å². The van der Waals surface area contributed by atoms with Gasteiger partial charge in [-0.05, 0) is 42.2 Å². The molecule has 0 amide bonds. The number of nitrogens with zero attached hydrogens (tertiary/aromatic N) is 2. The fourth-order valence-electron chi connectivity index (χ4n) is 3.01. The molecule has 0 aromatic carbocycles. The Bertz CT molecular complexity index is 658. The number of anilines is 1. The van der Waals surface area contributed by atoms with Crippen LogP contribution in [0.5, 0.6) is 0 Å². The van der Waals surface area contributed by atoms with Crippen molar-refractivity contribution >= 4 is 17.3 Å². The van der Waals surface area contributed by atoms with E-state index in [2.05, 4.69) is 26.3 Å². The molecule has 2 aromatic rings. The second-order valence-corrected chi connectivity index (χ2v) is 6.28. The summed E-state index contributed by atoms with van der Waals surface area (Å²) in [5.74, 6) is 1.44. The highest BCUT2D eigenvalue weighted by atomic mass is 32.1. The number of rotatable bonds is 2. The number of aromatic amines is 1. The van der Waals surface area contributed by atoms with E-state index in [-0.39, 0.29) is 5.56 Å². The molecule has 1 aliphatic heterocycles. The number of hydrogen-bond acceptors (Lipinski definition) is 4. The Labute approximate surface area is 115 Å². The van der Waals surface area contributed by atoms with E-state index in [1.165, 1.54) is 29.3 Å². The molecule has 1 N–H and O–H groups in total. The van der Waals surface area contributed by atoms with Gasteiger partial charge in [0.25, 0.3) is 5.56 Å². The van der Waals surface area contributed by atoms with E-state index < -0.39 is 0 Å². The zero-order chi connectivity index (χ0) is 12.8. The zero-order valence-corrected chi connectivity index (χ0v) is 11.3. The van der Waals surface area contributed by atoms with Gasteiger partial charge in [0, 0.05) is 23.7 Å². The number of thiophene rings is 1. The number of H-pyrrole nitrogens is 1.